The van der Waals surface area contributed by atoms with Crippen molar-refractivity contribution in [3.8, 4) is 0 Å². The molecule has 0 saturated carbocycles. The fourth-order valence-electron chi connectivity index (χ4n) is 0.872. The van der Waals surface area contributed by atoms with Crippen LogP contribution in [0, 0.1) is 5.92 Å². The van der Waals surface area contributed by atoms with E-state index in [4.69, 9.17) is 10.7 Å². The molecule has 0 spiro atoms. The summed E-state index contributed by atoms with van der Waals surface area (Å²) < 4.78 is 0. The maximum absolute atomic E-state index is 8.34. The molecule has 2 N–H and O–H groups in total. The van der Waals surface area contributed by atoms with Crippen molar-refractivity contribution in [2.45, 2.75) is 0 Å². The summed E-state index contributed by atoms with van der Waals surface area (Å²) in [6.45, 7) is 0.478. The number of nitrogens with zero attached hydrogens (tertiary/aromatic N) is 2. The van der Waals surface area contributed by atoms with Gasteiger partial charge in [-0.15, -0.1) is 0 Å². The Hall–Kier alpha value is -1.22. The molecule has 0 fully saturated rings. The molecular weight excluding hydrogens is 142 g/mol. The van der Waals surface area contributed by atoms with Crippen LogP contribution in [0.5, 0.6) is 0 Å². The van der Waals surface area contributed by atoms with Crippen LogP contribution in [-0.4, -0.2) is 22.3 Å². The molecule has 0 atom stereocenters. The Morgan fingerprint density at radius 2 is 2.18 bits per heavy atom. The topological polar surface area (TPSA) is 68.7 Å². The van der Waals surface area contributed by atoms with E-state index in [9.17, 15) is 0 Å². The zero-order valence-corrected chi connectivity index (χ0v) is 5.94. The van der Waals surface area contributed by atoms with Crippen LogP contribution in [0.1, 0.15) is 0 Å². The van der Waals surface area contributed by atoms with Crippen LogP contribution in [0.4, 0.5) is 0 Å². The van der Waals surface area contributed by atoms with Gasteiger partial charge in [-0.25, -0.2) is 5.48 Å². The van der Waals surface area contributed by atoms with Crippen molar-refractivity contribution >= 4 is 5.71 Å². The molecule has 0 saturated heterocycles. The zero-order valence-electron chi connectivity index (χ0n) is 5.94. The Bertz CT molecular complexity index is 222. The second kappa shape index (κ2) is 3.83. The minimum atomic E-state index is 0.172. The second-order valence-corrected chi connectivity index (χ2v) is 2.27. The first-order chi connectivity index (χ1) is 5.36. The van der Waals surface area contributed by atoms with Gasteiger partial charge in [0.2, 0.25) is 0 Å². The molecule has 4 heteroatoms. The van der Waals surface area contributed by atoms with Crippen LogP contribution in [0.15, 0.2) is 24.3 Å². The molecule has 0 radical (unpaired) electrons. The molecule has 0 bridgehead atoms. The van der Waals surface area contributed by atoms with Crippen LogP contribution < -0.4 is 5.48 Å². The van der Waals surface area contributed by atoms with Crippen molar-refractivity contribution in [2.24, 2.45) is 5.92 Å². The molecule has 1 aliphatic carbocycles. The number of hydroxylamine groups is 1. The van der Waals surface area contributed by atoms with Gasteiger partial charge in [0.25, 0.3) is 0 Å². The lowest BCUT2D eigenvalue weighted by molar-refractivity contribution is -0.00171. The highest BCUT2D eigenvalue weighted by Crippen LogP contribution is 2.05. The maximum atomic E-state index is 8.34. The molecular formula is C7H9N3O. The Morgan fingerprint density at radius 3 is 2.64 bits per heavy atom. The summed E-state index contributed by atoms with van der Waals surface area (Å²) in [7, 11) is 0. The lowest BCUT2D eigenvalue weighted by Gasteiger charge is -2.06. The third-order valence-electron chi connectivity index (χ3n) is 1.47. The Kier molecular flexibility index (Phi) is 2.74. The van der Waals surface area contributed by atoms with Crippen LogP contribution in [0.3, 0.4) is 0 Å². The fraction of sp³-hybridized carbons (Fsp3) is 0.286. The summed E-state index contributed by atoms with van der Waals surface area (Å²) in [5.41, 5.74) is 10.9. The molecule has 0 heterocycles. The summed E-state index contributed by atoms with van der Waals surface area (Å²) in [6, 6.07) is 0. The van der Waals surface area contributed by atoms with E-state index in [1.165, 1.54) is 0 Å². The van der Waals surface area contributed by atoms with Gasteiger partial charge >= 0.3 is 5.71 Å². The monoisotopic (exact) mass is 151 g/mol. The lowest BCUT2D eigenvalue weighted by Crippen LogP contribution is -2.18. The highest BCUT2D eigenvalue weighted by Gasteiger charge is 2.07. The Labute approximate surface area is 64.4 Å². The summed E-state index contributed by atoms with van der Waals surface area (Å²) >= 11 is 0. The first-order valence-electron chi connectivity index (χ1n) is 3.32. The first kappa shape index (κ1) is 7.88. The van der Waals surface area contributed by atoms with Gasteiger partial charge in [-0.1, -0.05) is 12.2 Å². The van der Waals surface area contributed by atoms with E-state index in [-0.39, 0.29) is 5.92 Å². The van der Waals surface area contributed by atoms with Gasteiger partial charge in [0, 0.05) is 24.6 Å². The van der Waals surface area contributed by atoms with Crippen LogP contribution in [0.2, 0.25) is 0 Å². The van der Waals surface area contributed by atoms with E-state index in [1.54, 1.807) is 12.2 Å². The summed E-state index contributed by atoms with van der Waals surface area (Å²) in [6.07, 6.45) is 7.08. The fourth-order valence-corrected chi connectivity index (χ4v) is 0.872. The van der Waals surface area contributed by atoms with Crippen molar-refractivity contribution in [1.29, 1.82) is 0 Å². The van der Waals surface area contributed by atoms with Crippen molar-refractivity contribution in [3.63, 3.8) is 0 Å². The average molecular weight is 151 g/mol. The lowest BCUT2D eigenvalue weighted by atomic mass is 10.0. The van der Waals surface area contributed by atoms with Crippen LogP contribution in [0.25, 0.3) is 5.53 Å². The SMILES string of the molecule is [N-]=[N+]=C1C=CC(CNO)C=C1. The summed E-state index contributed by atoms with van der Waals surface area (Å²) in [5, 5.41) is 8.34. The zero-order chi connectivity index (χ0) is 8.10. The van der Waals surface area contributed by atoms with E-state index in [2.05, 4.69) is 10.3 Å². The summed E-state index contributed by atoms with van der Waals surface area (Å²) in [4.78, 5) is 3.00. The molecule has 4 nitrogen and oxygen atoms in total. The van der Waals surface area contributed by atoms with E-state index in [0.29, 0.717) is 12.3 Å². The number of hydrogen-bond acceptors (Lipinski definition) is 2. The Balaban J connectivity index is 2.57. The molecule has 0 aliphatic heterocycles. The van der Waals surface area contributed by atoms with Gasteiger partial charge in [0.15, 0.2) is 0 Å². The number of allylic oxidation sites excluding steroid dienone is 2. The van der Waals surface area contributed by atoms with Gasteiger partial charge in [0.05, 0.1) is 0 Å². The van der Waals surface area contributed by atoms with E-state index in [0.717, 1.165) is 0 Å². The van der Waals surface area contributed by atoms with Crippen molar-refractivity contribution in [2.75, 3.05) is 6.54 Å². The molecule has 11 heavy (non-hydrogen) atoms. The highest BCUT2D eigenvalue weighted by molar-refractivity contribution is 6.00. The molecule has 0 aromatic rings. The molecule has 0 aromatic heterocycles. The van der Waals surface area contributed by atoms with Gasteiger partial charge in [0.1, 0.15) is 0 Å². The van der Waals surface area contributed by atoms with Gasteiger partial charge in [-0.2, -0.15) is 4.79 Å². The molecule has 1 aliphatic rings. The quantitative estimate of drug-likeness (QED) is 0.340. The van der Waals surface area contributed by atoms with Crippen molar-refractivity contribution in [3.05, 3.63) is 29.8 Å². The van der Waals surface area contributed by atoms with Crippen LogP contribution in [-0.2, 0) is 0 Å². The molecule has 58 valence electrons. The summed E-state index contributed by atoms with van der Waals surface area (Å²) in [5.74, 6) is 0.172. The van der Waals surface area contributed by atoms with Crippen LogP contribution >= 0.6 is 0 Å². The normalized spacial score (nSPS) is 21.9. The first-order valence-corrected chi connectivity index (χ1v) is 3.32. The third kappa shape index (κ3) is 2.13. The highest BCUT2D eigenvalue weighted by atomic mass is 16.5. The molecule has 0 aromatic carbocycles. The molecule has 0 unspecified atom stereocenters. The smallest absolute Gasteiger partial charge is 0.314 e. The van der Waals surface area contributed by atoms with E-state index >= 15 is 0 Å². The Morgan fingerprint density at radius 1 is 1.55 bits per heavy atom. The predicted octanol–water partition coefficient (Wildman–Crippen LogP) is 0.378. The minimum absolute atomic E-state index is 0.172. The number of rotatable bonds is 2. The minimum Gasteiger partial charge on any atom is -0.361 e. The predicted molar refractivity (Wildman–Crippen MR) is 40.2 cm³/mol. The molecule has 1 rings (SSSR count). The average Bonchev–Trinajstić information content (AvgIpc) is 2.07. The largest absolute Gasteiger partial charge is 0.361 e. The number of nitrogens with one attached hydrogen (secondary N) is 1. The van der Waals surface area contributed by atoms with E-state index in [1.807, 2.05) is 12.2 Å². The maximum Gasteiger partial charge on any atom is 0.314 e. The van der Waals surface area contributed by atoms with Gasteiger partial charge < -0.3 is 10.7 Å². The van der Waals surface area contributed by atoms with Crippen molar-refractivity contribution < 1.29 is 10.00 Å². The third-order valence-corrected chi connectivity index (χ3v) is 1.47. The van der Waals surface area contributed by atoms with E-state index < -0.39 is 0 Å². The van der Waals surface area contributed by atoms with Gasteiger partial charge in [-0.3, -0.25) is 0 Å². The molecule has 0 amide bonds. The van der Waals surface area contributed by atoms with Gasteiger partial charge in [-0.05, 0) is 0 Å². The standard InChI is InChI=1S/C7H9N3O/c8-10-7-3-1-6(2-4-7)5-9-11/h1-4,6,9,11H,5H2. The second-order valence-electron chi connectivity index (χ2n) is 2.27. The van der Waals surface area contributed by atoms with Crippen molar-refractivity contribution in [1.82, 2.24) is 5.48 Å². The number of hydrogen-bond donors (Lipinski definition) is 2.